The van der Waals surface area contributed by atoms with Gasteiger partial charge in [0.1, 0.15) is 5.69 Å². The third-order valence-electron chi connectivity index (χ3n) is 5.56. The highest BCUT2D eigenvalue weighted by atomic mass is 15.3. The van der Waals surface area contributed by atoms with Crippen molar-refractivity contribution in [1.29, 1.82) is 0 Å². The van der Waals surface area contributed by atoms with Gasteiger partial charge in [-0.15, -0.1) is 5.10 Å². The van der Waals surface area contributed by atoms with Crippen LogP contribution in [0.2, 0.25) is 0 Å². The molecule has 0 radical (unpaired) electrons. The van der Waals surface area contributed by atoms with E-state index in [2.05, 4.69) is 65.3 Å². The Morgan fingerprint density at radius 3 is 2.04 bits per heavy atom. The van der Waals surface area contributed by atoms with Gasteiger partial charge >= 0.3 is 0 Å². The molecule has 28 heavy (non-hydrogen) atoms. The van der Waals surface area contributed by atoms with Crippen molar-refractivity contribution in [2.24, 2.45) is 0 Å². The Morgan fingerprint density at radius 2 is 1.43 bits per heavy atom. The maximum atomic E-state index is 4.41. The standard InChI is InChI=1S/C24H40N4/c1-4-6-8-10-14-18-28(19-15-11-9-7-5-2)20-23-24(26-27-25-23)22-17-13-12-16-21(22)3/h12-13,16-17H,4-11,14-15,18-20H2,1-3H3,(H,25,26,27). The molecule has 1 heterocycles. The number of hydrogen-bond acceptors (Lipinski definition) is 3. The van der Waals surface area contributed by atoms with Crippen molar-refractivity contribution in [3.8, 4) is 11.3 Å². The van der Waals surface area contributed by atoms with Crippen molar-refractivity contribution in [2.75, 3.05) is 13.1 Å². The summed E-state index contributed by atoms with van der Waals surface area (Å²) in [4.78, 5) is 2.61. The molecule has 4 heteroatoms. The summed E-state index contributed by atoms with van der Waals surface area (Å²) in [5.41, 5.74) is 4.61. The van der Waals surface area contributed by atoms with Gasteiger partial charge in [-0.2, -0.15) is 0 Å². The van der Waals surface area contributed by atoms with Crippen LogP contribution in [0.4, 0.5) is 0 Å². The number of aryl methyl sites for hydroxylation is 1. The van der Waals surface area contributed by atoms with Gasteiger partial charge in [0.15, 0.2) is 0 Å². The van der Waals surface area contributed by atoms with Gasteiger partial charge in [-0.05, 0) is 38.4 Å². The molecule has 0 saturated heterocycles. The molecule has 0 unspecified atom stereocenters. The summed E-state index contributed by atoms with van der Waals surface area (Å²) < 4.78 is 0. The zero-order valence-electron chi connectivity index (χ0n) is 18.3. The van der Waals surface area contributed by atoms with Crippen LogP contribution in [-0.2, 0) is 6.54 Å². The van der Waals surface area contributed by atoms with Crippen molar-refractivity contribution in [3.63, 3.8) is 0 Å². The Bertz CT molecular complexity index is 636. The van der Waals surface area contributed by atoms with E-state index in [9.17, 15) is 0 Å². The van der Waals surface area contributed by atoms with E-state index in [1.807, 2.05) is 0 Å². The first-order valence-corrected chi connectivity index (χ1v) is 11.4. The predicted molar refractivity (Wildman–Crippen MR) is 119 cm³/mol. The molecular weight excluding hydrogens is 344 g/mol. The minimum absolute atomic E-state index is 0.915. The SMILES string of the molecule is CCCCCCCN(CCCCCCC)Cc1[nH]nnc1-c1ccccc1C. The minimum Gasteiger partial charge on any atom is -0.297 e. The fourth-order valence-corrected chi connectivity index (χ4v) is 3.79. The van der Waals surface area contributed by atoms with E-state index in [1.54, 1.807) is 0 Å². The Kier molecular flexibility index (Phi) is 10.9. The Hall–Kier alpha value is -1.68. The van der Waals surface area contributed by atoms with E-state index >= 15 is 0 Å². The lowest BCUT2D eigenvalue weighted by Gasteiger charge is -2.22. The van der Waals surface area contributed by atoms with Gasteiger partial charge in [0.2, 0.25) is 0 Å². The second-order valence-corrected chi connectivity index (χ2v) is 8.06. The van der Waals surface area contributed by atoms with Crippen molar-refractivity contribution in [1.82, 2.24) is 20.3 Å². The van der Waals surface area contributed by atoms with Gasteiger partial charge < -0.3 is 0 Å². The van der Waals surface area contributed by atoms with Crippen molar-refractivity contribution in [3.05, 3.63) is 35.5 Å². The van der Waals surface area contributed by atoms with Gasteiger partial charge in [0.25, 0.3) is 0 Å². The molecule has 0 amide bonds. The van der Waals surface area contributed by atoms with Crippen LogP contribution in [0.15, 0.2) is 24.3 Å². The quantitative estimate of drug-likeness (QED) is 0.355. The molecule has 0 fully saturated rings. The molecule has 0 spiro atoms. The van der Waals surface area contributed by atoms with Crippen LogP contribution in [0.25, 0.3) is 11.3 Å². The van der Waals surface area contributed by atoms with Gasteiger partial charge in [-0.25, -0.2) is 0 Å². The van der Waals surface area contributed by atoms with E-state index in [4.69, 9.17) is 0 Å². The largest absolute Gasteiger partial charge is 0.297 e. The first-order valence-electron chi connectivity index (χ1n) is 11.4. The first kappa shape index (κ1) is 22.6. The van der Waals surface area contributed by atoms with Crippen LogP contribution >= 0.6 is 0 Å². The molecule has 1 aromatic carbocycles. The Balaban J connectivity index is 1.96. The summed E-state index contributed by atoms with van der Waals surface area (Å²) in [6, 6.07) is 8.46. The van der Waals surface area contributed by atoms with Crippen LogP contribution < -0.4 is 0 Å². The second-order valence-electron chi connectivity index (χ2n) is 8.06. The number of aromatic nitrogens is 3. The number of H-pyrrole nitrogens is 1. The lowest BCUT2D eigenvalue weighted by Crippen LogP contribution is -2.26. The summed E-state index contributed by atoms with van der Waals surface area (Å²) in [5.74, 6) is 0. The highest BCUT2D eigenvalue weighted by Crippen LogP contribution is 2.24. The summed E-state index contributed by atoms with van der Waals surface area (Å²) in [6.45, 7) is 9.96. The molecule has 0 saturated carbocycles. The number of nitrogens with zero attached hydrogens (tertiary/aromatic N) is 3. The van der Waals surface area contributed by atoms with Gasteiger partial charge in [-0.3, -0.25) is 10.00 Å². The number of unbranched alkanes of at least 4 members (excludes halogenated alkanes) is 8. The molecule has 0 aliphatic rings. The topological polar surface area (TPSA) is 44.8 Å². The molecule has 0 bridgehead atoms. The number of benzene rings is 1. The maximum Gasteiger partial charge on any atom is 0.117 e. The normalized spacial score (nSPS) is 11.4. The molecule has 0 aliphatic carbocycles. The van der Waals surface area contributed by atoms with Crippen molar-refractivity contribution >= 4 is 0 Å². The molecule has 0 aliphatic heterocycles. The fraction of sp³-hybridized carbons (Fsp3) is 0.667. The van der Waals surface area contributed by atoms with E-state index in [0.29, 0.717) is 0 Å². The maximum absolute atomic E-state index is 4.41. The number of nitrogens with one attached hydrogen (secondary N) is 1. The van der Waals surface area contributed by atoms with Crippen LogP contribution in [0.5, 0.6) is 0 Å². The smallest absolute Gasteiger partial charge is 0.117 e. The molecule has 2 rings (SSSR count). The third kappa shape index (κ3) is 7.75. The molecule has 1 N–H and O–H groups in total. The summed E-state index contributed by atoms with van der Waals surface area (Å²) in [6.07, 6.45) is 13.3. The van der Waals surface area contributed by atoms with Crippen LogP contribution in [0, 0.1) is 6.92 Å². The summed E-state index contributed by atoms with van der Waals surface area (Å²) >= 11 is 0. The van der Waals surface area contributed by atoms with E-state index in [-0.39, 0.29) is 0 Å². The van der Waals surface area contributed by atoms with E-state index < -0.39 is 0 Å². The van der Waals surface area contributed by atoms with Gasteiger partial charge in [0, 0.05) is 12.1 Å². The number of rotatable bonds is 15. The number of hydrogen-bond donors (Lipinski definition) is 1. The predicted octanol–water partition coefficient (Wildman–Crippen LogP) is 6.52. The van der Waals surface area contributed by atoms with Crippen LogP contribution in [0.3, 0.4) is 0 Å². The summed E-state index contributed by atoms with van der Waals surface area (Å²) in [5, 5.41) is 11.7. The van der Waals surface area contributed by atoms with E-state index in [1.165, 1.54) is 88.4 Å². The van der Waals surface area contributed by atoms with Crippen molar-refractivity contribution in [2.45, 2.75) is 91.5 Å². The Morgan fingerprint density at radius 1 is 0.821 bits per heavy atom. The van der Waals surface area contributed by atoms with E-state index in [0.717, 1.165) is 17.9 Å². The second kappa shape index (κ2) is 13.5. The first-order chi connectivity index (χ1) is 13.8. The lowest BCUT2D eigenvalue weighted by molar-refractivity contribution is 0.249. The van der Waals surface area contributed by atoms with Crippen LogP contribution in [0.1, 0.15) is 89.3 Å². The zero-order valence-corrected chi connectivity index (χ0v) is 18.3. The lowest BCUT2D eigenvalue weighted by atomic mass is 10.0. The molecular formula is C24H40N4. The summed E-state index contributed by atoms with van der Waals surface area (Å²) in [7, 11) is 0. The van der Waals surface area contributed by atoms with Crippen molar-refractivity contribution < 1.29 is 0 Å². The average Bonchev–Trinajstić information content (AvgIpc) is 3.15. The molecule has 0 atom stereocenters. The monoisotopic (exact) mass is 384 g/mol. The average molecular weight is 385 g/mol. The highest BCUT2D eigenvalue weighted by Gasteiger charge is 2.15. The fourth-order valence-electron chi connectivity index (χ4n) is 3.79. The van der Waals surface area contributed by atoms with Crippen LogP contribution in [-0.4, -0.2) is 33.4 Å². The number of aromatic amines is 1. The Labute approximate surface area is 172 Å². The molecule has 156 valence electrons. The third-order valence-corrected chi connectivity index (χ3v) is 5.56. The molecule has 1 aromatic heterocycles. The molecule has 4 nitrogen and oxygen atoms in total. The van der Waals surface area contributed by atoms with Gasteiger partial charge in [-0.1, -0.05) is 94.7 Å². The highest BCUT2D eigenvalue weighted by molar-refractivity contribution is 5.64. The zero-order chi connectivity index (χ0) is 20.0. The minimum atomic E-state index is 0.915. The molecule has 2 aromatic rings. The van der Waals surface area contributed by atoms with Gasteiger partial charge in [0.05, 0.1) is 5.69 Å².